The largest absolute Gasteiger partial charge is 0.492 e. The Morgan fingerprint density at radius 1 is 1.33 bits per heavy atom. The predicted octanol–water partition coefficient (Wildman–Crippen LogP) is 3.49. The molecule has 0 aliphatic rings. The van der Waals surface area contributed by atoms with Gasteiger partial charge in [0.25, 0.3) is 0 Å². The lowest BCUT2D eigenvalue weighted by Crippen LogP contribution is -2.40. The monoisotopic (exact) mass is 506 g/mol. The summed E-state index contributed by atoms with van der Waals surface area (Å²) in [7, 11) is 5.85. The van der Waals surface area contributed by atoms with Crippen LogP contribution in [0.3, 0.4) is 0 Å². The van der Waals surface area contributed by atoms with Gasteiger partial charge in [0.05, 0.1) is 13.1 Å². The predicted molar refractivity (Wildman–Crippen MR) is 113 cm³/mol. The number of halogens is 2. The summed E-state index contributed by atoms with van der Waals surface area (Å²) in [6, 6.07) is 11.9. The van der Waals surface area contributed by atoms with Gasteiger partial charge in [-0.1, -0.05) is 18.2 Å². The van der Waals surface area contributed by atoms with Gasteiger partial charge in [-0.15, -0.1) is 24.0 Å². The van der Waals surface area contributed by atoms with Gasteiger partial charge in [-0.2, -0.15) is 0 Å². The zero-order valence-electron chi connectivity index (χ0n) is 14.2. The first-order chi connectivity index (χ1) is 11.1. The molecule has 0 radical (unpaired) electrons. The molecule has 132 valence electrons. The van der Waals surface area contributed by atoms with Gasteiger partial charge in [0.1, 0.15) is 12.4 Å². The zero-order valence-corrected chi connectivity index (χ0v) is 18.1. The van der Waals surface area contributed by atoms with Gasteiger partial charge >= 0.3 is 0 Å². The second-order valence-electron chi connectivity index (χ2n) is 5.25. The molecule has 1 heterocycles. The highest BCUT2D eigenvalue weighted by atomic mass is 127. The number of hydrogen-bond acceptors (Lipinski definition) is 2. The highest BCUT2D eigenvalue weighted by Crippen LogP contribution is 2.15. The third-order valence-electron chi connectivity index (χ3n) is 3.44. The van der Waals surface area contributed by atoms with Crippen molar-refractivity contribution in [2.45, 2.75) is 6.54 Å². The van der Waals surface area contributed by atoms with E-state index in [1.165, 1.54) is 5.69 Å². The van der Waals surface area contributed by atoms with Crippen LogP contribution in [0, 0.1) is 0 Å². The van der Waals surface area contributed by atoms with Gasteiger partial charge in [-0.3, -0.25) is 4.99 Å². The number of benzene rings is 1. The van der Waals surface area contributed by atoms with Crippen LogP contribution in [0.4, 0.5) is 0 Å². The number of aliphatic imine (C=N–C) groups is 1. The molecule has 0 saturated carbocycles. The quantitative estimate of drug-likeness (QED) is 0.282. The first kappa shape index (κ1) is 20.8. The van der Waals surface area contributed by atoms with E-state index in [0.717, 1.165) is 22.7 Å². The van der Waals surface area contributed by atoms with Crippen LogP contribution in [0.5, 0.6) is 5.75 Å². The van der Waals surface area contributed by atoms with Crippen LogP contribution in [-0.2, 0) is 13.6 Å². The average Bonchev–Trinajstić information content (AvgIpc) is 2.85. The number of nitrogens with zero attached hydrogens (tertiary/aromatic N) is 3. The molecule has 1 aromatic heterocycles. The van der Waals surface area contributed by atoms with E-state index in [4.69, 9.17) is 4.74 Å². The van der Waals surface area contributed by atoms with E-state index in [-0.39, 0.29) is 24.0 Å². The van der Waals surface area contributed by atoms with Gasteiger partial charge in [0, 0.05) is 37.5 Å². The normalized spacial score (nSPS) is 10.9. The van der Waals surface area contributed by atoms with Crippen LogP contribution in [-0.4, -0.2) is 42.7 Å². The lowest BCUT2D eigenvalue weighted by Gasteiger charge is -2.22. The van der Waals surface area contributed by atoms with Crippen LogP contribution in [0.1, 0.15) is 5.69 Å². The lowest BCUT2D eigenvalue weighted by atomic mass is 10.3. The summed E-state index contributed by atoms with van der Waals surface area (Å²) in [6.45, 7) is 2.07. The van der Waals surface area contributed by atoms with Gasteiger partial charge in [0.15, 0.2) is 5.96 Å². The summed E-state index contributed by atoms with van der Waals surface area (Å²) in [6.07, 6.45) is 2.05. The van der Waals surface area contributed by atoms with Gasteiger partial charge < -0.3 is 19.5 Å². The minimum Gasteiger partial charge on any atom is -0.492 e. The standard InChI is InChI=1S/C17H23BrN4O.HI/c1-19-17(20-9-10-23-16-7-5-4-6-8-16)22(3)13-15-11-14(18)12-21(15)2;/h4-8,11-12H,9-10,13H2,1-3H3,(H,19,20);1H. The Morgan fingerprint density at radius 2 is 2.04 bits per heavy atom. The minimum atomic E-state index is 0. The molecule has 1 N–H and O–H groups in total. The van der Waals surface area contributed by atoms with Gasteiger partial charge in [-0.25, -0.2) is 0 Å². The second kappa shape index (κ2) is 10.6. The van der Waals surface area contributed by atoms with Gasteiger partial charge in [0.2, 0.25) is 0 Å². The van der Waals surface area contributed by atoms with E-state index in [9.17, 15) is 0 Å². The molecule has 1 aromatic carbocycles. The van der Waals surface area contributed by atoms with Crippen LogP contribution in [0.2, 0.25) is 0 Å². The van der Waals surface area contributed by atoms with E-state index in [0.29, 0.717) is 13.2 Å². The maximum atomic E-state index is 5.68. The average molecular weight is 507 g/mol. The maximum Gasteiger partial charge on any atom is 0.193 e. The number of nitrogens with one attached hydrogen (secondary N) is 1. The van der Waals surface area contributed by atoms with E-state index >= 15 is 0 Å². The first-order valence-corrected chi connectivity index (χ1v) is 8.30. The molecule has 24 heavy (non-hydrogen) atoms. The third-order valence-corrected chi connectivity index (χ3v) is 3.88. The fourth-order valence-electron chi connectivity index (χ4n) is 2.27. The van der Waals surface area contributed by atoms with E-state index in [1.807, 2.05) is 50.6 Å². The molecular formula is C17H24BrIN4O. The Balaban J connectivity index is 0.00000288. The Kier molecular flexibility index (Phi) is 9.20. The highest BCUT2D eigenvalue weighted by Gasteiger charge is 2.09. The molecule has 0 aliphatic heterocycles. The van der Waals surface area contributed by atoms with E-state index < -0.39 is 0 Å². The number of para-hydroxylation sites is 1. The van der Waals surface area contributed by atoms with Crippen molar-refractivity contribution in [2.75, 3.05) is 27.2 Å². The third kappa shape index (κ3) is 6.35. The fourth-order valence-corrected chi connectivity index (χ4v) is 2.85. The summed E-state index contributed by atoms with van der Waals surface area (Å²) in [4.78, 5) is 6.41. The van der Waals surface area contributed by atoms with Crippen molar-refractivity contribution in [3.63, 3.8) is 0 Å². The smallest absolute Gasteiger partial charge is 0.193 e. The maximum absolute atomic E-state index is 5.68. The minimum absolute atomic E-state index is 0. The summed E-state index contributed by atoms with van der Waals surface area (Å²) in [5.41, 5.74) is 1.21. The number of guanidine groups is 1. The molecule has 0 aliphatic carbocycles. The van der Waals surface area contributed by atoms with E-state index in [2.05, 4.69) is 41.8 Å². The molecule has 0 amide bonds. The Bertz CT molecular complexity index is 645. The number of aryl methyl sites for hydroxylation is 1. The van der Waals surface area contributed by atoms with Crippen molar-refractivity contribution in [1.29, 1.82) is 0 Å². The van der Waals surface area contributed by atoms with Crippen molar-refractivity contribution in [3.05, 3.63) is 52.8 Å². The van der Waals surface area contributed by atoms with Crippen LogP contribution < -0.4 is 10.1 Å². The summed E-state index contributed by atoms with van der Waals surface area (Å²) in [5.74, 6) is 1.73. The molecule has 2 rings (SSSR count). The van der Waals surface area contributed by atoms with Crippen molar-refractivity contribution < 1.29 is 4.74 Å². The van der Waals surface area contributed by atoms with Crippen molar-refractivity contribution >= 4 is 45.9 Å². The lowest BCUT2D eigenvalue weighted by molar-refractivity contribution is 0.319. The molecule has 7 heteroatoms. The van der Waals surface area contributed by atoms with Crippen LogP contribution in [0.15, 0.2) is 52.1 Å². The molecule has 0 atom stereocenters. The first-order valence-electron chi connectivity index (χ1n) is 7.50. The van der Waals surface area contributed by atoms with Crippen molar-refractivity contribution in [1.82, 2.24) is 14.8 Å². The fraction of sp³-hybridized carbons (Fsp3) is 0.353. The molecular weight excluding hydrogens is 483 g/mol. The molecule has 5 nitrogen and oxygen atoms in total. The summed E-state index contributed by atoms with van der Waals surface area (Å²) < 4.78 is 8.86. The Labute approximate surface area is 169 Å². The Morgan fingerprint density at radius 3 is 2.62 bits per heavy atom. The second-order valence-corrected chi connectivity index (χ2v) is 6.17. The molecule has 0 fully saturated rings. The zero-order chi connectivity index (χ0) is 16.7. The van der Waals surface area contributed by atoms with Crippen molar-refractivity contribution in [2.24, 2.45) is 12.0 Å². The number of rotatable bonds is 6. The van der Waals surface area contributed by atoms with Crippen molar-refractivity contribution in [3.8, 4) is 5.75 Å². The SMILES string of the molecule is CN=C(NCCOc1ccccc1)N(C)Cc1cc(Br)cn1C.I. The molecule has 0 unspecified atom stereocenters. The van der Waals surface area contributed by atoms with Crippen LogP contribution in [0.25, 0.3) is 0 Å². The Hall–Kier alpha value is -1.22. The van der Waals surface area contributed by atoms with E-state index in [1.54, 1.807) is 7.05 Å². The molecule has 2 aromatic rings. The number of ether oxygens (including phenoxy) is 1. The highest BCUT2D eigenvalue weighted by molar-refractivity contribution is 14.0. The topological polar surface area (TPSA) is 41.8 Å². The molecule has 0 saturated heterocycles. The van der Waals surface area contributed by atoms with Crippen LogP contribution >= 0.6 is 39.9 Å². The number of aromatic nitrogens is 1. The molecule has 0 bridgehead atoms. The molecule has 0 spiro atoms. The number of hydrogen-bond donors (Lipinski definition) is 1. The van der Waals surface area contributed by atoms with Gasteiger partial charge in [-0.05, 0) is 34.1 Å². The summed E-state index contributed by atoms with van der Waals surface area (Å²) >= 11 is 3.50. The summed E-state index contributed by atoms with van der Waals surface area (Å²) in [5, 5.41) is 3.32.